The molecular formula is C6H12Cl2O2Si. The van der Waals surface area contributed by atoms with Crippen LogP contribution in [0.15, 0.2) is 0 Å². The van der Waals surface area contributed by atoms with Gasteiger partial charge in [0.05, 0.1) is 10.8 Å². The Bertz CT molecular complexity index is 124. The van der Waals surface area contributed by atoms with Gasteiger partial charge in [-0.15, -0.1) is 23.2 Å². The Morgan fingerprint density at radius 3 is 1.91 bits per heavy atom. The fourth-order valence-electron chi connectivity index (χ4n) is 1.06. The van der Waals surface area contributed by atoms with Crippen molar-refractivity contribution >= 4 is 32.5 Å². The molecule has 5 heteroatoms. The zero-order chi connectivity index (χ0) is 8.43. The number of halogens is 2. The third-order valence-corrected chi connectivity index (χ3v) is 5.27. The zero-order valence-corrected chi connectivity index (χ0v) is 9.26. The summed E-state index contributed by atoms with van der Waals surface area (Å²) >= 11 is 11.7. The summed E-state index contributed by atoms with van der Waals surface area (Å²) < 4.78 is 10.3. The minimum Gasteiger partial charge on any atom is -0.400 e. The van der Waals surface area contributed by atoms with Crippen LogP contribution in [-0.4, -0.2) is 34.3 Å². The highest BCUT2D eigenvalue weighted by atomic mass is 35.5. The molecule has 1 rings (SSSR count). The van der Waals surface area contributed by atoms with E-state index in [1.54, 1.807) is 14.2 Å². The summed E-state index contributed by atoms with van der Waals surface area (Å²) in [4.78, 5) is 0. The molecule has 2 atom stereocenters. The Labute approximate surface area is 78.6 Å². The molecule has 66 valence electrons. The first-order valence-electron chi connectivity index (χ1n) is 3.54. The lowest BCUT2D eigenvalue weighted by Crippen LogP contribution is -2.19. The number of rotatable bonds is 4. The standard InChI is InChI=1S/C6H12Cl2O2Si/c1-9-11(10-2)3-4-5(7)6(4)8/h4-6,11H,3H2,1-2H3. The van der Waals surface area contributed by atoms with Crippen LogP contribution in [0.4, 0.5) is 0 Å². The molecule has 0 aromatic carbocycles. The lowest BCUT2D eigenvalue weighted by molar-refractivity contribution is 0.275. The van der Waals surface area contributed by atoms with Gasteiger partial charge in [-0.3, -0.25) is 0 Å². The fraction of sp³-hybridized carbons (Fsp3) is 1.00. The molecule has 0 aromatic rings. The third-order valence-electron chi connectivity index (χ3n) is 1.97. The van der Waals surface area contributed by atoms with Crippen molar-refractivity contribution in [3.63, 3.8) is 0 Å². The van der Waals surface area contributed by atoms with Crippen LogP contribution in [0.2, 0.25) is 6.04 Å². The van der Waals surface area contributed by atoms with E-state index in [0.29, 0.717) is 5.92 Å². The van der Waals surface area contributed by atoms with E-state index >= 15 is 0 Å². The van der Waals surface area contributed by atoms with Crippen molar-refractivity contribution in [2.45, 2.75) is 16.8 Å². The summed E-state index contributed by atoms with van der Waals surface area (Å²) in [5, 5.41) is 0.272. The maximum absolute atomic E-state index is 5.84. The highest BCUT2D eigenvalue weighted by Gasteiger charge is 2.49. The van der Waals surface area contributed by atoms with Gasteiger partial charge in [-0.2, -0.15) is 0 Å². The molecule has 11 heavy (non-hydrogen) atoms. The van der Waals surface area contributed by atoms with Gasteiger partial charge in [0, 0.05) is 14.2 Å². The molecule has 1 fully saturated rings. The Hall–Kier alpha value is 0.717. The number of hydrogen-bond donors (Lipinski definition) is 0. The molecule has 2 nitrogen and oxygen atoms in total. The average molecular weight is 215 g/mol. The van der Waals surface area contributed by atoms with E-state index in [-0.39, 0.29) is 10.8 Å². The minimum atomic E-state index is -1.43. The van der Waals surface area contributed by atoms with Crippen LogP contribution in [0, 0.1) is 5.92 Å². The van der Waals surface area contributed by atoms with Gasteiger partial charge in [-0.1, -0.05) is 0 Å². The molecule has 2 unspecified atom stereocenters. The molecular weight excluding hydrogens is 203 g/mol. The monoisotopic (exact) mass is 214 g/mol. The van der Waals surface area contributed by atoms with Crippen molar-refractivity contribution in [3.8, 4) is 0 Å². The molecule has 0 aromatic heterocycles. The summed E-state index contributed by atoms with van der Waals surface area (Å²) in [6.45, 7) is 0. The van der Waals surface area contributed by atoms with Crippen molar-refractivity contribution in [2.24, 2.45) is 5.92 Å². The van der Waals surface area contributed by atoms with Crippen LogP contribution in [0.25, 0.3) is 0 Å². The van der Waals surface area contributed by atoms with Gasteiger partial charge in [0.2, 0.25) is 0 Å². The van der Waals surface area contributed by atoms with Gasteiger partial charge < -0.3 is 8.85 Å². The molecule has 1 aliphatic carbocycles. The SMILES string of the molecule is CO[SiH](CC1C(Cl)C1Cl)OC. The van der Waals surface area contributed by atoms with E-state index in [1.165, 1.54) is 0 Å². The van der Waals surface area contributed by atoms with Crippen molar-refractivity contribution in [1.29, 1.82) is 0 Å². The van der Waals surface area contributed by atoms with Crippen molar-refractivity contribution in [1.82, 2.24) is 0 Å². The number of hydrogen-bond acceptors (Lipinski definition) is 2. The maximum atomic E-state index is 5.84. The zero-order valence-electron chi connectivity index (χ0n) is 6.59. The van der Waals surface area contributed by atoms with Gasteiger partial charge >= 0.3 is 9.28 Å². The predicted molar refractivity (Wildman–Crippen MR) is 48.7 cm³/mol. The molecule has 0 heterocycles. The van der Waals surface area contributed by atoms with Crippen molar-refractivity contribution < 1.29 is 8.85 Å². The van der Waals surface area contributed by atoms with Crippen molar-refractivity contribution in [3.05, 3.63) is 0 Å². The second-order valence-electron chi connectivity index (χ2n) is 2.69. The van der Waals surface area contributed by atoms with E-state index in [1.807, 2.05) is 0 Å². The van der Waals surface area contributed by atoms with Gasteiger partial charge in [0.25, 0.3) is 0 Å². The summed E-state index contributed by atoms with van der Waals surface area (Å²) in [5.74, 6) is 0.412. The predicted octanol–water partition coefficient (Wildman–Crippen LogP) is 1.34. The first kappa shape index (κ1) is 9.80. The van der Waals surface area contributed by atoms with Gasteiger partial charge in [-0.05, 0) is 12.0 Å². The van der Waals surface area contributed by atoms with Crippen LogP contribution in [0.1, 0.15) is 0 Å². The van der Waals surface area contributed by atoms with E-state index in [0.717, 1.165) is 6.04 Å². The first-order valence-corrected chi connectivity index (χ1v) is 6.17. The van der Waals surface area contributed by atoms with Crippen LogP contribution < -0.4 is 0 Å². The van der Waals surface area contributed by atoms with Crippen LogP contribution >= 0.6 is 23.2 Å². The molecule has 1 saturated carbocycles. The molecule has 0 amide bonds. The molecule has 0 bridgehead atoms. The smallest absolute Gasteiger partial charge is 0.321 e. The third kappa shape index (κ3) is 2.32. The van der Waals surface area contributed by atoms with Gasteiger partial charge in [-0.25, -0.2) is 0 Å². The lowest BCUT2D eigenvalue weighted by atomic mass is 10.5. The molecule has 0 saturated heterocycles. The van der Waals surface area contributed by atoms with E-state index in [4.69, 9.17) is 32.1 Å². The molecule has 0 spiro atoms. The van der Waals surface area contributed by atoms with E-state index in [9.17, 15) is 0 Å². The largest absolute Gasteiger partial charge is 0.400 e. The molecule has 0 radical (unpaired) electrons. The highest BCUT2D eigenvalue weighted by molar-refractivity contribution is 6.45. The number of alkyl halides is 2. The Morgan fingerprint density at radius 2 is 1.64 bits per heavy atom. The summed E-state index contributed by atoms with van der Waals surface area (Å²) in [7, 11) is 1.92. The topological polar surface area (TPSA) is 18.5 Å². The molecule has 0 N–H and O–H groups in total. The van der Waals surface area contributed by atoms with Gasteiger partial charge in [0.15, 0.2) is 0 Å². The van der Waals surface area contributed by atoms with Crippen LogP contribution in [0.3, 0.4) is 0 Å². The first-order chi connectivity index (χ1) is 5.20. The van der Waals surface area contributed by atoms with E-state index in [2.05, 4.69) is 0 Å². The summed E-state index contributed by atoms with van der Waals surface area (Å²) in [6.07, 6.45) is 0. The second kappa shape index (κ2) is 4.10. The second-order valence-corrected chi connectivity index (χ2v) is 5.97. The van der Waals surface area contributed by atoms with Crippen LogP contribution in [-0.2, 0) is 8.85 Å². The maximum Gasteiger partial charge on any atom is 0.321 e. The fourth-order valence-corrected chi connectivity index (χ4v) is 3.82. The molecule has 1 aliphatic rings. The highest BCUT2D eigenvalue weighted by Crippen LogP contribution is 2.45. The Kier molecular flexibility index (Phi) is 3.65. The molecule has 0 aliphatic heterocycles. The van der Waals surface area contributed by atoms with Gasteiger partial charge in [0.1, 0.15) is 0 Å². The summed E-state index contributed by atoms with van der Waals surface area (Å²) in [6, 6.07) is 0.926. The van der Waals surface area contributed by atoms with Crippen LogP contribution in [0.5, 0.6) is 0 Å². The Balaban J connectivity index is 2.20. The minimum absolute atomic E-state index is 0.136. The quantitative estimate of drug-likeness (QED) is 0.520. The average Bonchev–Trinajstić information content (AvgIpc) is 2.57. The Morgan fingerprint density at radius 1 is 1.18 bits per heavy atom. The normalized spacial score (nSPS) is 36.3. The lowest BCUT2D eigenvalue weighted by Gasteiger charge is -2.08. The van der Waals surface area contributed by atoms with E-state index < -0.39 is 9.28 Å². The van der Waals surface area contributed by atoms with Crippen molar-refractivity contribution in [2.75, 3.05) is 14.2 Å². The summed E-state index contributed by atoms with van der Waals surface area (Å²) in [5.41, 5.74) is 0.